The second-order valence-corrected chi connectivity index (χ2v) is 9.38. The molecule has 206 valence electrons. The monoisotopic (exact) mass is 567 g/mol. The quantitative estimate of drug-likeness (QED) is 0.120. The van der Waals surface area contributed by atoms with Gasteiger partial charge in [0, 0.05) is 29.9 Å². The van der Waals surface area contributed by atoms with Gasteiger partial charge in [0.25, 0.3) is 0 Å². The van der Waals surface area contributed by atoms with Gasteiger partial charge >= 0.3 is 6.18 Å². The molecule has 1 atom stereocenters. The van der Waals surface area contributed by atoms with Gasteiger partial charge in [0.15, 0.2) is 11.8 Å². The van der Waals surface area contributed by atoms with E-state index in [2.05, 4.69) is 19.9 Å². The second-order valence-electron chi connectivity index (χ2n) is 8.61. The van der Waals surface area contributed by atoms with Crippen LogP contribution in [-0.2, 0) is 11.0 Å². The van der Waals surface area contributed by atoms with Gasteiger partial charge in [0.05, 0.1) is 17.3 Å². The number of nitrogens with zero attached hydrogens (tertiary/aromatic N) is 5. The van der Waals surface area contributed by atoms with Crippen molar-refractivity contribution in [2.45, 2.75) is 36.1 Å². The molecule has 1 aromatic carbocycles. The van der Waals surface area contributed by atoms with Crippen LogP contribution < -0.4 is 4.74 Å². The van der Waals surface area contributed by atoms with Crippen molar-refractivity contribution >= 4 is 23.8 Å². The molecule has 0 N–H and O–H groups in total. The number of thioether (sulfide) groups is 1. The Balaban J connectivity index is 1.50. The van der Waals surface area contributed by atoms with Crippen molar-refractivity contribution in [3.63, 3.8) is 0 Å². The number of carbonyl (C=O) groups excluding carboxylic acids is 2. The highest BCUT2D eigenvalue weighted by molar-refractivity contribution is 7.98. The van der Waals surface area contributed by atoms with Crippen LogP contribution in [0.1, 0.15) is 52.2 Å². The van der Waals surface area contributed by atoms with Crippen LogP contribution in [0.15, 0.2) is 41.8 Å². The summed E-state index contributed by atoms with van der Waals surface area (Å²) in [5.41, 5.74) is 0.258. The molecule has 14 heteroatoms. The molecule has 2 aromatic heterocycles. The highest BCUT2D eigenvalue weighted by Crippen LogP contribution is 2.34. The average molecular weight is 568 g/mol. The van der Waals surface area contributed by atoms with Crippen LogP contribution in [0.5, 0.6) is 5.88 Å². The first-order valence-electron chi connectivity index (χ1n) is 11.7. The van der Waals surface area contributed by atoms with Crippen molar-refractivity contribution in [2.75, 3.05) is 26.0 Å². The second kappa shape index (κ2) is 12.1. The zero-order chi connectivity index (χ0) is 28.2. The number of Topliss-reactive ketones (excluding diaryl/α,β-unsaturated/α-hetero) is 1. The molecule has 1 aliphatic heterocycles. The Morgan fingerprint density at radius 3 is 2.46 bits per heavy atom. The van der Waals surface area contributed by atoms with Crippen LogP contribution in [0.25, 0.3) is 0 Å². The molecule has 3 heterocycles. The third-order valence-corrected chi connectivity index (χ3v) is 6.81. The topological polar surface area (TPSA) is 98.2 Å². The van der Waals surface area contributed by atoms with Gasteiger partial charge in [-0.2, -0.15) is 18.2 Å². The number of likely N-dealkylation sites (tertiary alicyclic amines) is 1. The molecule has 4 rings (SSSR count). The first-order valence-corrected chi connectivity index (χ1v) is 12.9. The van der Waals surface area contributed by atoms with Gasteiger partial charge in [-0.25, -0.2) is 23.7 Å². The van der Waals surface area contributed by atoms with Crippen molar-refractivity contribution in [1.29, 1.82) is 0 Å². The predicted octanol–water partition coefficient (Wildman–Crippen LogP) is 4.67. The van der Waals surface area contributed by atoms with E-state index in [1.807, 2.05) is 0 Å². The fourth-order valence-corrected chi connectivity index (χ4v) is 4.71. The predicted molar refractivity (Wildman–Crippen MR) is 129 cm³/mol. The Bertz CT molecular complexity index is 1330. The molecule has 0 bridgehead atoms. The van der Waals surface area contributed by atoms with Crippen LogP contribution in [0.2, 0.25) is 0 Å². The summed E-state index contributed by atoms with van der Waals surface area (Å²) in [6.45, 7) is -0.0145. The van der Waals surface area contributed by atoms with Crippen LogP contribution in [0.3, 0.4) is 0 Å². The summed E-state index contributed by atoms with van der Waals surface area (Å²) in [5.74, 6) is -4.24. The van der Waals surface area contributed by atoms with Crippen molar-refractivity contribution in [3.05, 3.63) is 70.9 Å². The van der Waals surface area contributed by atoms with E-state index in [0.29, 0.717) is 43.1 Å². The van der Waals surface area contributed by atoms with E-state index in [1.165, 1.54) is 24.0 Å². The number of hydrogen-bond donors (Lipinski definition) is 0. The molecule has 0 radical (unpaired) electrons. The standard InChI is InChI=1S/C25H22F5N5O3S/c1-39-24-32-11-15(19(37)13-38-20-5-8-31-23(33-20)25(28,29)30)22(34-24)14-6-9-35(10-7-14)18(12-36)21-16(26)3-2-4-17(21)27/h2-5,8,11-12,14,18H,6-7,9-10,13H2,1H3. The number of ketones is 1. The zero-order valence-corrected chi connectivity index (χ0v) is 21.3. The van der Waals surface area contributed by atoms with Gasteiger partial charge in [0.1, 0.15) is 17.9 Å². The fourth-order valence-electron chi connectivity index (χ4n) is 4.36. The molecule has 0 amide bonds. The molecule has 1 aliphatic rings. The number of alkyl halides is 3. The Labute approximate surface area is 224 Å². The van der Waals surface area contributed by atoms with E-state index in [0.717, 1.165) is 24.4 Å². The number of carbonyl (C=O) groups is 2. The van der Waals surface area contributed by atoms with Crippen LogP contribution in [0, 0.1) is 11.6 Å². The summed E-state index contributed by atoms with van der Waals surface area (Å²) in [6, 6.07) is 3.41. The summed E-state index contributed by atoms with van der Waals surface area (Å²) < 4.78 is 72.5. The Kier molecular flexibility index (Phi) is 8.85. The summed E-state index contributed by atoms with van der Waals surface area (Å²) in [6.07, 6.45) is 0.564. The minimum absolute atomic E-state index is 0.142. The molecule has 8 nitrogen and oxygen atoms in total. The van der Waals surface area contributed by atoms with Gasteiger partial charge < -0.3 is 9.53 Å². The molecular weight excluding hydrogens is 545 g/mol. The normalized spacial score (nSPS) is 15.6. The summed E-state index contributed by atoms with van der Waals surface area (Å²) in [5, 5.41) is 0.412. The van der Waals surface area contributed by atoms with Gasteiger partial charge in [-0.05, 0) is 44.3 Å². The summed E-state index contributed by atoms with van der Waals surface area (Å²) >= 11 is 1.26. The van der Waals surface area contributed by atoms with Crippen molar-refractivity contribution in [1.82, 2.24) is 24.8 Å². The van der Waals surface area contributed by atoms with Crippen LogP contribution in [0.4, 0.5) is 22.0 Å². The molecule has 1 unspecified atom stereocenters. The number of rotatable bonds is 9. The van der Waals surface area contributed by atoms with Crippen molar-refractivity contribution < 1.29 is 36.3 Å². The van der Waals surface area contributed by atoms with Crippen LogP contribution >= 0.6 is 11.8 Å². The van der Waals surface area contributed by atoms with Crippen LogP contribution in [-0.4, -0.2) is 62.9 Å². The van der Waals surface area contributed by atoms with E-state index in [9.17, 15) is 31.5 Å². The third kappa shape index (κ3) is 6.56. The molecule has 1 fully saturated rings. The Hall–Kier alpha value is -3.52. The smallest absolute Gasteiger partial charge is 0.451 e. The first kappa shape index (κ1) is 28.5. The largest absolute Gasteiger partial charge is 0.469 e. The maximum atomic E-state index is 14.3. The van der Waals surface area contributed by atoms with Crippen molar-refractivity contribution in [3.8, 4) is 5.88 Å². The lowest BCUT2D eigenvalue weighted by molar-refractivity contribution is -0.145. The highest BCUT2D eigenvalue weighted by Gasteiger charge is 2.35. The molecule has 0 spiro atoms. The van der Waals surface area contributed by atoms with E-state index in [-0.39, 0.29) is 17.0 Å². The first-order chi connectivity index (χ1) is 18.6. The average Bonchev–Trinajstić information content (AvgIpc) is 2.93. The van der Waals surface area contributed by atoms with Crippen molar-refractivity contribution in [2.24, 2.45) is 0 Å². The number of aromatic nitrogens is 4. The van der Waals surface area contributed by atoms with Gasteiger partial charge in [0.2, 0.25) is 17.5 Å². The van der Waals surface area contributed by atoms with E-state index in [1.54, 1.807) is 11.2 Å². The lowest BCUT2D eigenvalue weighted by Crippen LogP contribution is -2.38. The van der Waals surface area contributed by atoms with Gasteiger partial charge in [-0.1, -0.05) is 17.8 Å². The lowest BCUT2D eigenvalue weighted by Gasteiger charge is -2.35. The molecule has 39 heavy (non-hydrogen) atoms. The van der Waals surface area contributed by atoms with E-state index >= 15 is 0 Å². The summed E-state index contributed by atoms with van der Waals surface area (Å²) in [4.78, 5) is 41.6. The summed E-state index contributed by atoms with van der Waals surface area (Å²) in [7, 11) is 0. The molecular formula is C25H22F5N5O3S. The highest BCUT2D eigenvalue weighted by atomic mass is 32.2. The Morgan fingerprint density at radius 2 is 1.85 bits per heavy atom. The zero-order valence-electron chi connectivity index (χ0n) is 20.5. The Morgan fingerprint density at radius 1 is 1.15 bits per heavy atom. The maximum Gasteiger partial charge on any atom is 0.451 e. The SMILES string of the molecule is CSc1ncc(C(=O)COc2ccnc(C(F)(F)F)n2)c(C2CCN(C(C=O)c3c(F)cccc3F)CC2)n1. The third-order valence-electron chi connectivity index (χ3n) is 6.25. The number of benzene rings is 1. The number of ether oxygens (including phenoxy) is 1. The number of aldehydes is 1. The molecule has 0 aliphatic carbocycles. The number of piperidine rings is 1. The number of halogens is 5. The minimum Gasteiger partial charge on any atom is -0.469 e. The van der Waals surface area contributed by atoms with E-state index in [4.69, 9.17) is 4.74 Å². The molecule has 1 saturated heterocycles. The fraction of sp³-hybridized carbons (Fsp3) is 0.360. The van der Waals surface area contributed by atoms with Gasteiger partial charge in [-0.3, -0.25) is 9.69 Å². The minimum atomic E-state index is -4.77. The number of hydrogen-bond acceptors (Lipinski definition) is 9. The van der Waals surface area contributed by atoms with Gasteiger partial charge in [-0.15, -0.1) is 0 Å². The maximum absolute atomic E-state index is 14.3. The molecule has 0 saturated carbocycles. The molecule has 3 aromatic rings. The van der Waals surface area contributed by atoms with E-state index < -0.39 is 47.9 Å². The lowest BCUT2D eigenvalue weighted by atomic mass is 9.88.